The van der Waals surface area contributed by atoms with Crippen molar-refractivity contribution in [1.29, 1.82) is 0 Å². The number of hydrogen-bond acceptors (Lipinski definition) is 16. The maximum atomic E-state index is 4.09. The summed E-state index contributed by atoms with van der Waals surface area (Å²) in [6, 6.07) is 0. The van der Waals surface area contributed by atoms with Gasteiger partial charge in [-0.2, -0.15) is 0 Å². The van der Waals surface area contributed by atoms with Crippen molar-refractivity contribution in [3.8, 4) is 0 Å². The lowest BCUT2D eigenvalue weighted by Gasteiger charge is -2.31. The Kier molecular flexibility index (Phi) is 9.22. The molecule has 1 aliphatic rings. The molecule has 0 atom stereocenters. The second-order valence-electron chi connectivity index (χ2n) is 9.20. The van der Waals surface area contributed by atoms with E-state index in [1.165, 1.54) is 0 Å². The first-order chi connectivity index (χ1) is 18.8. The van der Waals surface area contributed by atoms with Gasteiger partial charge in [-0.05, 0) is 80.7 Å². The van der Waals surface area contributed by atoms with Crippen LogP contribution in [0.3, 0.4) is 0 Å². The van der Waals surface area contributed by atoms with E-state index < -0.39 is 0 Å². The standard InChI is InChI=1S/C18H32N20/c1-3-35(11-15-19-27-28-20-15)7-9-37(13-17-23-31-32-24-17)5-2-6-38(14-18-25-33-34-26-18)10-8-36(4-1)12-16-21-29-30-22-16/h1-14H2,(H,19,20,27,28)(H,21,22,29,30)(H,23,24,31,32)(H,25,26,33,34). The summed E-state index contributed by atoms with van der Waals surface area (Å²) in [5.74, 6) is 3.00. The highest BCUT2D eigenvalue weighted by atomic mass is 15.5. The van der Waals surface area contributed by atoms with Crippen LogP contribution < -0.4 is 0 Å². The summed E-state index contributed by atoms with van der Waals surface area (Å²) in [7, 11) is 0. The fraction of sp³-hybridized carbons (Fsp3) is 0.778. The highest BCUT2D eigenvalue weighted by molar-refractivity contribution is 4.83. The highest BCUT2D eigenvalue weighted by Gasteiger charge is 2.18. The largest absolute Gasteiger partial charge is 0.295 e. The molecule has 0 unspecified atom stereocenters. The summed E-state index contributed by atoms with van der Waals surface area (Å²) < 4.78 is 0. The molecule has 38 heavy (non-hydrogen) atoms. The van der Waals surface area contributed by atoms with Crippen molar-refractivity contribution in [2.24, 2.45) is 0 Å². The van der Waals surface area contributed by atoms with Gasteiger partial charge < -0.3 is 0 Å². The minimum Gasteiger partial charge on any atom is -0.295 e. The fourth-order valence-corrected chi connectivity index (χ4v) is 4.51. The van der Waals surface area contributed by atoms with Crippen molar-refractivity contribution >= 4 is 0 Å². The summed E-state index contributed by atoms with van der Waals surface area (Å²) >= 11 is 0. The second-order valence-corrected chi connectivity index (χ2v) is 9.20. The summed E-state index contributed by atoms with van der Waals surface area (Å²) in [4.78, 5) is 9.49. The maximum absolute atomic E-state index is 4.09. The Morgan fingerprint density at radius 3 is 0.868 bits per heavy atom. The van der Waals surface area contributed by atoms with E-state index in [1.807, 2.05) is 0 Å². The molecule has 5 rings (SSSR count). The van der Waals surface area contributed by atoms with E-state index in [-0.39, 0.29) is 0 Å². The van der Waals surface area contributed by atoms with Crippen LogP contribution in [0.4, 0.5) is 0 Å². The van der Waals surface area contributed by atoms with E-state index in [9.17, 15) is 0 Å². The van der Waals surface area contributed by atoms with Gasteiger partial charge in [0.15, 0.2) is 23.3 Å². The average Bonchev–Trinajstić information content (AvgIpc) is 3.74. The van der Waals surface area contributed by atoms with Crippen LogP contribution in [-0.4, -0.2) is 154 Å². The zero-order chi connectivity index (χ0) is 25.8. The molecule has 4 N–H and O–H groups in total. The SMILES string of the molecule is C1CN(Cc2nnn[nH]2)CCN(Cc2nnn[nH]2)CCCN(Cc2nnn[nH]2)CCN(Cc2nnn[nH]2)C1. The molecule has 0 radical (unpaired) electrons. The predicted molar refractivity (Wildman–Crippen MR) is 127 cm³/mol. The third-order valence-electron chi connectivity index (χ3n) is 6.41. The zero-order valence-corrected chi connectivity index (χ0v) is 21.1. The van der Waals surface area contributed by atoms with E-state index in [4.69, 9.17) is 0 Å². The molecule has 1 aliphatic heterocycles. The molecule has 5 heterocycles. The Balaban J connectivity index is 1.28. The molecule has 0 amide bonds. The van der Waals surface area contributed by atoms with Crippen LogP contribution in [0.2, 0.25) is 0 Å². The fourth-order valence-electron chi connectivity index (χ4n) is 4.51. The summed E-state index contributed by atoms with van der Waals surface area (Å²) in [5.41, 5.74) is 0. The van der Waals surface area contributed by atoms with Crippen LogP contribution in [0, 0.1) is 0 Å². The molecule has 204 valence electrons. The molecule has 20 heteroatoms. The van der Waals surface area contributed by atoms with Crippen molar-refractivity contribution in [2.45, 2.75) is 39.0 Å². The summed E-state index contributed by atoms with van der Waals surface area (Å²) in [6.45, 7) is 9.53. The molecule has 20 nitrogen and oxygen atoms in total. The molecule has 4 aromatic rings. The van der Waals surface area contributed by atoms with Crippen LogP contribution in [0.1, 0.15) is 36.1 Å². The maximum Gasteiger partial charge on any atom is 0.162 e. The van der Waals surface area contributed by atoms with Gasteiger partial charge in [0.2, 0.25) is 0 Å². The average molecular weight is 529 g/mol. The number of tetrazole rings is 4. The zero-order valence-electron chi connectivity index (χ0n) is 21.1. The van der Waals surface area contributed by atoms with Crippen molar-refractivity contribution in [3.63, 3.8) is 0 Å². The lowest BCUT2D eigenvalue weighted by Crippen LogP contribution is -2.41. The smallest absolute Gasteiger partial charge is 0.162 e. The van der Waals surface area contributed by atoms with Crippen LogP contribution in [0.25, 0.3) is 0 Å². The topological polar surface area (TPSA) is 231 Å². The summed E-state index contributed by atoms with van der Waals surface area (Å²) in [6.07, 6.45) is 1.92. The van der Waals surface area contributed by atoms with Gasteiger partial charge in [0, 0.05) is 26.2 Å². The van der Waals surface area contributed by atoms with Crippen LogP contribution in [0.15, 0.2) is 0 Å². The monoisotopic (exact) mass is 528 g/mol. The van der Waals surface area contributed by atoms with Crippen LogP contribution >= 0.6 is 0 Å². The normalized spacial score (nSPS) is 18.5. The molecule has 0 spiro atoms. The predicted octanol–water partition coefficient (Wildman–Crippen LogP) is -3.16. The van der Waals surface area contributed by atoms with Gasteiger partial charge in [-0.25, -0.2) is 20.4 Å². The lowest BCUT2D eigenvalue weighted by atomic mass is 10.2. The Bertz CT molecular complexity index is 932. The number of H-pyrrole nitrogens is 4. The molecule has 0 aromatic carbocycles. The van der Waals surface area contributed by atoms with E-state index in [0.717, 1.165) is 88.5 Å². The number of aromatic amines is 4. The minimum absolute atomic E-state index is 0.649. The number of nitrogens with zero attached hydrogens (tertiary/aromatic N) is 16. The van der Waals surface area contributed by atoms with Gasteiger partial charge in [-0.15, -0.1) is 20.4 Å². The molecule has 0 aliphatic carbocycles. The third kappa shape index (κ3) is 8.06. The van der Waals surface area contributed by atoms with E-state index in [1.54, 1.807) is 0 Å². The molecular formula is C18H32N20. The minimum atomic E-state index is 0.649. The molecule has 4 aromatic heterocycles. The van der Waals surface area contributed by atoms with Gasteiger partial charge in [0.25, 0.3) is 0 Å². The van der Waals surface area contributed by atoms with Gasteiger partial charge in [-0.3, -0.25) is 19.6 Å². The molecular weight excluding hydrogens is 496 g/mol. The summed E-state index contributed by atoms with van der Waals surface area (Å²) in [5, 5.41) is 57.7. The molecule has 1 fully saturated rings. The van der Waals surface area contributed by atoms with Crippen molar-refractivity contribution in [2.75, 3.05) is 52.4 Å². The Morgan fingerprint density at radius 1 is 0.395 bits per heavy atom. The van der Waals surface area contributed by atoms with Crippen molar-refractivity contribution in [1.82, 2.24) is 102 Å². The lowest BCUT2D eigenvalue weighted by molar-refractivity contribution is 0.144. The Labute approximate surface area is 217 Å². The first-order valence-electron chi connectivity index (χ1n) is 12.6. The number of nitrogens with one attached hydrogen (secondary N) is 4. The van der Waals surface area contributed by atoms with Gasteiger partial charge >= 0.3 is 0 Å². The first-order valence-corrected chi connectivity index (χ1v) is 12.6. The third-order valence-corrected chi connectivity index (χ3v) is 6.41. The quantitative estimate of drug-likeness (QED) is 0.177. The van der Waals surface area contributed by atoms with Crippen molar-refractivity contribution < 1.29 is 0 Å². The Hall–Kier alpha value is -3.88. The number of hydrogen-bond donors (Lipinski definition) is 4. The van der Waals surface area contributed by atoms with Crippen LogP contribution in [0.5, 0.6) is 0 Å². The second kappa shape index (κ2) is 13.6. The van der Waals surface area contributed by atoms with E-state index in [0.29, 0.717) is 26.2 Å². The van der Waals surface area contributed by atoms with Gasteiger partial charge in [0.05, 0.1) is 26.2 Å². The number of rotatable bonds is 8. The Morgan fingerprint density at radius 2 is 0.658 bits per heavy atom. The number of aromatic nitrogens is 16. The van der Waals surface area contributed by atoms with Gasteiger partial charge in [-0.1, -0.05) is 0 Å². The molecule has 1 saturated heterocycles. The highest BCUT2D eigenvalue weighted by Crippen LogP contribution is 2.09. The van der Waals surface area contributed by atoms with Crippen molar-refractivity contribution in [3.05, 3.63) is 23.3 Å². The van der Waals surface area contributed by atoms with E-state index >= 15 is 0 Å². The first kappa shape index (κ1) is 25.8. The van der Waals surface area contributed by atoms with E-state index in [2.05, 4.69) is 102 Å². The van der Waals surface area contributed by atoms with Gasteiger partial charge in [0.1, 0.15) is 0 Å². The molecule has 0 saturated carbocycles. The van der Waals surface area contributed by atoms with Crippen LogP contribution in [-0.2, 0) is 26.2 Å². The molecule has 0 bridgehead atoms.